The lowest BCUT2D eigenvalue weighted by Gasteiger charge is -2.50. The van der Waals surface area contributed by atoms with Gasteiger partial charge in [0.15, 0.2) is 0 Å². The molecule has 0 radical (unpaired) electrons. The largest absolute Gasteiger partial charge is 0.445 e. The Morgan fingerprint density at radius 2 is 2.04 bits per heavy atom. The van der Waals surface area contributed by atoms with Crippen LogP contribution in [-0.4, -0.2) is 59.3 Å². The molecule has 0 atom stereocenters. The van der Waals surface area contributed by atoms with E-state index in [0.29, 0.717) is 26.4 Å². The Labute approximate surface area is 163 Å². The van der Waals surface area contributed by atoms with Crippen molar-refractivity contribution in [3.8, 4) is 0 Å². The van der Waals surface area contributed by atoms with Gasteiger partial charge >= 0.3 is 6.09 Å². The summed E-state index contributed by atoms with van der Waals surface area (Å²) < 4.78 is 11.4. The SMILES string of the molecule is O=C(OCc1ccccc1)N1CCOCC12CCN(Cc1nccs1)CC2. The van der Waals surface area contributed by atoms with E-state index >= 15 is 0 Å². The number of hydrogen-bond acceptors (Lipinski definition) is 6. The highest BCUT2D eigenvalue weighted by Crippen LogP contribution is 2.33. The van der Waals surface area contributed by atoms with E-state index in [2.05, 4.69) is 9.88 Å². The Hall–Kier alpha value is -1.96. The molecule has 1 aromatic heterocycles. The van der Waals surface area contributed by atoms with Gasteiger partial charge in [-0.1, -0.05) is 30.3 Å². The molecule has 7 heteroatoms. The number of ether oxygens (including phenoxy) is 2. The van der Waals surface area contributed by atoms with Crippen LogP contribution in [0.2, 0.25) is 0 Å². The summed E-state index contributed by atoms with van der Waals surface area (Å²) in [4.78, 5) is 21.5. The monoisotopic (exact) mass is 387 g/mol. The zero-order chi connectivity index (χ0) is 18.5. The first-order valence-electron chi connectivity index (χ1n) is 9.42. The standard InChI is InChI=1S/C20H25N3O3S/c24-19(26-15-17-4-2-1-3-5-17)23-11-12-25-16-20(23)6-9-22(10-7-20)14-18-21-8-13-27-18/h1-5,8,13H,6-7,9-12,14-16H2. The highest BCUT2D eigenvalue weighted by Gasteiger charge is 2.45. The lowest BCUT2D eigenvalue weighted by atomic mass is 9.85. The lowest BCUT2D eigenvalue weighted by molar-refractivity contribution is -0.0871. The first kappa shape index (κ1) is 18.4. The van der Waals surface area contributed by atoms with Crippen LogP contribution in [0, 0.1) is 0 Å². The lowest BCUT2D eigenvalue weighted by Crippen LogP contribution is -2.63. The van der Waals surface area contributed by atoms with Gasteiger partial charge in [0.05, 0.1) is 25.3 Å². The van der Waals surface area contributed by atoms with E-state index in [1.807, 2.05) is 46.8 Å². The van der Waals surface area contributed by atoms with Gasteiger partial charge in [0.25, 0.3) is 0 Å². The maximum absolute atomic E-state index is 12.8. The number of morpholine rings is 1. The van der Waals surface area contributed by atoms with Crippen LogP contribution in [0.5, 0.6) is 0 Å². The molecule has 144 valence electrons. The van der Waals surface area contributed by atoms with Gasteiger partial charge in [0, 0.05) is 31.2 Å². The maximum Gasteiger partial charge on any atom is 0.410 e. The third-order valence-electron chi connectivity index (χ3n) is 5.46. The van der Waals surface area contributed by atoms with Crippen molar-refractivity contribution in [1.29, 1.82) is 0 Å². The molecule has 6 nitrogen and oxygen atoms in total. The van der Waals surface area contributed by atoms with Gasteiger partial charge in [-0.15, -0.1) is 11.3 Å². The number of carbonyl (C=O) groups is 1. The second kappa shape index (κ2) is 8.37. The Bertz CT molecular complexity index is 730. The van der Waals surface area contributed by atoms with Gasteiger partial charge in [-0.2, -0.15) is 0 Å². The van der Waals surface area contributed by atoms with Crippen molar-refractivity contribution in [3.63, 3.8) is 0 Å². The molecule has 2 saturated heterocycles. The first-order chi connectivity index (χ1) is 13.3. The smallest absolute Gasteiger partial charge is 0.410 e. The molecule has 0 bridgehead atoms. The number of carbonyl (C=O) groups excluding carboxylic acids is 1. The van der Waals surface area contributed by atoms with Crippen LogP contribution in [0.25, 0.3) is 0 Å². The molecular formula is C20H25N3O3S. The normalized spacial score (nSPS) is 19.9. The van der Waals surface area contributed by atoms with Crippen LogP contribution in [0.1, 0.15) is 23.4 Å². The fourth-order valence-electron chi connectivity index (χ4n) is 3.88. The van der Waals surface area contributed by atoms with E-state index in [1.165, 1.54) is 0 Å². The number of nitrogens with zero attached hydrogens (tertiary/aromatic N) is 3. The minimum absolute atomic E-state index is 0.226. The van der Waals surface area contributed by atoms with Crippen molar-refractivity contribution in [2.75, 3.05) is 32.8 Å². The van der Waals surface area contributed by atoms with E-state index in [-0.39, 0.29) is 11.6 Å². The van der Waals surface area contributed by atoms with Crippen LogP contribution in [0.4, 0.5) is 4.79 Å². The quantitative estimate of drug-likeness (QED) is 0.807. The summed E-state index contributed by atoms with van der Waals surface area (Å²) in [6, 6.07) is 9.82. The Kier molecular flexibility index (Phi) is 5.71. The van der Waals surface area contributed by atoms with E-state index in [4.69, 9.17) is 9.47 Å². The number of rotatable bonds is 4. The first-order valence-corrected chi connectivity index (χ1v) is 10.3. The second-order valence-corrected chi connectivity index (χ2v) is 8.15. The third kappa shape index (κ3) is 4.31. The molecule has 0 saturated carbocycles. The summed E-state index contributed by atoms with van der Waals surface area (Å²) in [5.41, 5.74) is 0.761. The van der Waals surface area contributed by atoms with Crippen molar-refractivity contribution in [1.82, 2.24) is 14.8 Å². The molecule has 3 heterocycles. The number of aromatic nitrogens is 1. The van der Waals surface area contributed by atoms with Crippen molar-refractivity contribution < 1.29 is 14.3 Å². The van der Waals surface area contributed by atoms with E-state index < -0.39 is 0 Å². The van der Waals surface area contributed by atoms with Crippen molar-refractivity contribution >= 4 is 17.4 Å². The van der Waals surface area contributed by atoms with Gasteiger partial charge in [-0.05, 0) is 18.4 Å². The predicted octanol–water partition coefficient (Wildman–Crippen LogP) is 3.15. The van der Waals surface area contributed by atoms with Crippen LogP contribution in [0.15, 0.2) is 41.9 Å². The average molecular weight is 388 g/mol. The van der Waals surface area contributed by atoms with Crippen molar-refractivity contribution in [2.24, 2.45) is 0 Å². The number of thiazole rings is 1. The van der Waals surface area contributed by atoms with Gasteiger partial charge < -0.3 is 9.47 Å². The van der Waals surface area contributed by atoms with Crippen LogP contribution in [0.3, 0.4) is 0 Å². The molecule has 2 fully saturated rings. The van der Waals surface area contributed by atoms with Crippen molar-refractivity contribution in [2.45, 2.75) is 31.5 Å². The number of amides is 1. The number of benzene rings is 1. The van der Waals surface area contributed by atoms with Crippen LogP contribution in [-0.2, 0) is 22.6 Å². The van der Waals surface area contributed by atoms with E-state index in [1.54, 1.807) is 11.3 Å². The third-order valence-corrected chi connectivity index (χ3v) is 6.22. The minimum atomic E-state index is -0.245. The van der Waals surface area contributed by atoms with Gasteiger partial charge in [-0.3, -0.25) is 9.80 Å². The summed E-state index contributed by atoms with van der Waals surface area (Å²) in [6.45, 7) is 4.83. The van der Waals surface area contributed by atoms with Crippen LogP contribution < -0.4 is 0 Å². The average Bonchev–Trinajstić information content (AvgIpc) is 3.22. The number of likely N-dealkylation sites (tertiary alicyclic amines) is 1. The zero-order valence-electron chi connectivity index (χ0n) is 15.4. The summed E-state index contributed by atoms with van der Waals surface area (Å²) in [6.07, 6.45) is 3.43. The molecular weight excluding hydrogens is 362 g/mol. The molecule has 0 unspecified atom stereocenters. The minimum Gasteiger partial charge on any atom is -0.445 e. The summed E-state index contributed by atoms with van der Waals surface area (Å²) in [7, 11) is 0. The molecule has 2 aliphatic rings. The summed E-state index contributed by atoms with van der Waals surface area (Å²) >= 11 is 1.69. The number of hydrogen-bond donors (Lipinski definition) is 0. The molecule has 1 spiro atoms. The Balaban J connectivity index is 1.36. The van der Waals surface area contributed by atoms with E-state index in [0.717, 1.165) is 43.0 Å². The molecule has 2 aromatic rings. The highest BCUT2D eigenvalue weighted by molar-refractivity contribution is 7.09. The molecule has 1 amide bonds. The molecule has 0 N–H and O–H groups in total. The van der Waals surface area contributed by atoms with Gasteiger partial charge in [0.2, 0.25) is 0 Å². The summed E-state index contributed by atoms with van der Waals surface area (Å²) in [5, 5.41) is 3.16. The maximum atomic E-state index is 12.8. The molecule has 2 aliphatic heterocycles. The fourth-order valence-corrected chi connectivity index (χ4v) is 4.54. The zero-order valence-corrected chi connectivity index (χ0v) is 16.2. The molecule has 0 aliphatic carbocycles. The van der Waals surface area contributed by atoms with Crippen LogP contribution >= 0.6 is 11.3 Å². The Morgan fingerprint density at radius 1 is 1.22 bits per heavy atom. The number of piperidine rings is 1. The predicted molar refractivity (Wildman–Crippen MR) is 104 cm³/mol. The van der Waals surface area contributed by atoms with E-state index in [9.17, 15) is 4.79 Å². The van der Waals surface area contributed by atoms with Gasteiger partial charge in [-0.25, -0.2) is 9.78 Å². The summed E-state index contributed by atoms with van der Waals surface area (Å²) in [5.74, 6) is 0. The van der Waals surface area contributed by atoms with Crippen molar-refractivity contribution in [3.05, 3.63) is 52.5 Å². The van der Waals surface area contributed by atoms with Gasteiger partial charge in [0.1, 0.15) is 11.6 Å². The molecule has 1 aromatic carbocycles. The molecule has 4 rings (SSSR count). The fraction of sp³-hybridized carbons (Fsp3) is 0.500. The molecule has 27 heavy (non-hydrogen) atoms. The topological polar surface area (TPSA) is 54.9 Å². The Morgan fingerprint density at radius 3 is 2.78 bits per heavy atom. The second-order valence-electron chi connectivity index (χ2n) is 7.17. The highest BCUT2D eigenvalue weighted by atomic mass is 32.1.